The summed E-state index contributed by atoms with van der Waals surface area (Å²) in [5.74, 6) is 0.197. The summed E-state index contributed by atoms with van der Waals surface area (Å²) in [6.45, 7) is 4.05. The van der Waals surface area contributed by atoms with Crippen LogP contribution in [0.3, 0.4) is 0 Å². The van der Waals surface area contributed by atoms with E-state index in [-0.39, 0.29) is 5.97 Å². The number of aromatic nitrogens is 1. The Bertz CT molecular complexity index is 509. The summed E-state index contributed by atoms with van der Waals surface area (Å²) >= 11 is 1.38. The van der Waals surface area contributed by atoms with E-state index in [4.69, 9.17) is 10.5 Å². The molecule has 0 aliphatic heterocycles. The fourth-order valence-electron chi connectivity index (χ4n) is 1.38. The second kappa shape index (κ2) is 4.09. The molecule has 84 valence electrons. The number of pyridine rings is 1. The first-order valence-electron chi connectivity index (χ1n) is 4.95. The van der Waals surface area contributed by atoms with E-state index >= 15 is 0 Å². The Labute approximate surface area is 97.0 Å². The predicted molar refractivity (Wildman–Crippen MR) is 64.7 cm³/mol. The minimum Gasteiger partial charge on any atom is -0.462 e. The second-order valence-electron chi connectivity index (χ2n) is 3.41. The molecule has 0 radical (unpaired) electrons. The van der Waals surface area contributed by atoms with E-state index in [0.717, 1.165) is 15.8 Å². The number of ether oxygens (including phenoxy) is 1. The number of hydrogen-bond donors (Lipinski definition) is 1. The van der Waals surface area contributed by atoms with Crippen molar-refractivity contribution in [2.24, 2.45) is 0 Å². The Hall–Kier alpha value is -1.62. The monoisotopic (exact) mass is 236 g/mol. The maximum atomic E-state index is 11.5. The van der Waals surface area contributed by atoms with E-state index in [9.17, 15) is 4.79 Å². The van der Waals surface area contributed by atoms with E-state index in [1.165, 1.54) is 11.3 Å². The van der Waals surface area contributed by atoms with Gasteiger partial charge in [0, 0.05) is 0 Å². The van der Waals surface area contributed by atoms with Crippen molar-refractivity contribution in [2.75, 3.05) is 12.3 Å². The number of carbonyl (C=O) groups is 1. The van der Waals surface area contributed by atoms with Crippen molar-refractivity contribution in [1.29, 1.82) is 0 Å². The van der Waals surface area contributed by atoms with Crippen molar-refractivity contribution < 1.29 is 9.53 Å². The third-order valence-electron chi connectivity index (χ3n) is 2.21. The van der Waals surface area contributed by atoms with Crippen molar-refractivity contribution in [3.05, 3.63) is 22.6 Å². The zero-order valence-corrected chi connectivity index (χ0v) is 9.93. The van der Waals surface area contributed by atoms with Gasteiger partial charge in [0.05, 0.1) is 16.8 Å². The average molecular weight is 236 g/mol. The molecule has 4 nitrogen and oxygen atoms in total. The molecule has 0 bridgehead atoms. The molecule has 0 fully saturated rings. The van der Waals surface area contributed by atoms with Crippen LogP contribution in [0, 0.1) is 6.92 Å². The van der Waals surface area contributed by atoms with Crippen molar-refractivity contribution in [1.82, 2.24) is 4.98 Å². The van der Waals surface area contributed by atoms with Gasteiger partial charge in [0.25, 0.3) is 0 Å². The van der Waals surface area contributed by atoms with Crippen molar-refractivity contribution >= 4 is 33.3 Å². The Morgan fingerprint density at radius 1 is 1.56 bits per heavy atom. The van der Waals surface area contributed by atoms with Gasteiger partial charge in [-0.1, -0.05) is 0 Å². The number of nitrogens with zero attached hydrogens (tertiary/aromatic N) is 1. The summed E-state index contributed by atoms with van der Waals surface area (Å²) in [6, 6.07) is 3.65. The lowest BCUT2D eigenvalue weighted by atomic mass is 10.2. The average Bonchev–Trinajstić information content (AvgIpc) is 2.62. The highest BCUT2D eigenvalue weighted by Crippen LogP contribution is 2.27. The maximum Gasteiger partial charge on any atom is 0.348 e. The fraction of sp³-hybridized carbons (Fsp3) is 0.273. The van der Waals surface area contributed by atoms with Crippen LogP contribution in [0.5, 0.6) is 0 Å². The van der Waals surface area contributed by atoms with Crippen LogP contribution in [0.4, 0.5) is 5.82 Å². The van der Waals surface area contributed by atoms with Crippen LogP contribution in [-0.4, -0.2) is 17.6 Å². The topological polar surface area (TPSA) is 65.2 Å². The first-order chi connectivity index (χ1) is 7.61. The van der Waals surface area contributed by atoms with E-state index in [0.29, 0.717) is 17.3 Å². The Morgan fingerprint density at radius 3 is 3.00 bits per heavy atom. The largest absolute Gasteiger partial charge is 0.462 e. The van der Waals surface area contributed by atoms with Crippen LogP contribution < -0.4 is 5.73 Å². The lowest BCUT2D eigenvalue weighted by Gasteiger charge is -1.96. The molecule has 0 aliphatic rings. The van der Waals surface area contributed by atoms with Crippen LogP contribution in [0.2, 0.25) is 0 Å². The van der Waals surface area contributed by atoms with E-state index in [2.05, 4.69) is 4.98 Å². The summed E-state index contributed by atoms with van der Waals surface area (Å²) in [6.07, 6.45) is 0. The molecule has 0 saturated heterocycles. The Kier molecular flexibility index (Phi) is 2.78. The Morgan fingerprint density at radius 2 is 2.31 bits per heavy atom. The molecule has 2 rings (SSSR count). The lowest BCUT2D eigenvalue weighted by molar-refractivity contribution is 0.0532. The summed E-state index contributed by atoms with van der Waals surface area (Å²) in [5.41, 5.74) is 7.37. The van der Waals surface area contributed by atoms with Gasteiger partial charge in [0.2, 0.25) is 0 Å². The molecule has 0 spiro atoms. The van der Waals surface area contributed by atoms with Gasteiger partial charge >= 0.3 is 5.97 Å². The number of nitrogens with two attached hydrogens (primary N) is 1. The van der Waals surface area contributed by atoms with Crippen LogP contribution in [0.25, 0.3) is 10.2 Å². The quantitative estimate of drug-likeness (QED) is 0.813. The summed E-state index contributed by atoms with van der Waals surface area (Å²) in [4.78, 5) is 16.3. The molecule has 0 aromatic carbocycles. The molecule has 2 aromatic rings. The fourth-order valence-corrected chi connectivity index (χ4v) is 2.37. The molecule has 0 saturated carbocycles. The van der Waals surface area contributed by atoms with Crippen LogP contribution in [0.1, 0.15) is 22.2 Å². The Balaban J connectivity index is 2.48. The molecule has 0 atom stereocenters. The van der Waals surface area contributed by atoms with Crippen LogP contribution >= 0.6 is 11.3 Å². The number of carbonyl (C=O) groups excluding carboxylic acids is 1. The molecular weight excluding hydrogens is 224 g/mol. The number of esters is 1. The number of rotatable bonds is 2. The number of anilines is 1. The minimum absolute atomic E-state index is 0.304. The van der Waals surface area contributed by atoms with Gasteiger partial charge in [0.1, 0.15) is 10.7 Å². The predicted octanol–water partition coefficient (Wildman–Crippen LogP) is 2.36. The normalized spacial score (nSPS) is 10.6. The highest BCUT2D eigenvalue weighted by molar-refractivity contribution is 7.20. The molecule has 2 N–H and O–H groups in total. The van der Waals surface area contributed by atoms with Gasteiger partial charge in [-0.15, -0.1) is 11.3 Å². The minimum atomic E-state index is -0.304. The van der Waals surface area contributed by atoms with Gasteiger partial charge in [-0.25, -0.2) is 9.78 Å². The summed E-state index contributed by atoms with van der Waals surface area (Å²) in [5, 5.41) is 0. The molecule has 0 amide bonds. The summed E-state index contributed by atoms with van der Waals surface area (Å²) in [7, 11) is 0. The molecular formula is C11H12N2O2S. The molecule has 2 aromatic heterocycles. The number of hydrogen-bond acceptors (Lipinski definition) is 5. The van der Waals surface area contributed by atoms with E-state index in [1.54, 1.807) is 13.0 Å². The van der Waals surface area contributed by atoms with Crippen LogP contribution in [0.15, 0.2) is 12.1 Å². The zero-order chi connectivity index (χ0) is 11.7. The van der Waals surface area contributed by atoms with Gasteiger partial charge < -0.3 is 10.5 Å². The van der Waals surface area contributed by atoms with Crippen molar-refractivity contribution in [3.63, 3.8) is 0 Å². The SMILES string of the molecule is CCOC(=O)c1cc2nc(N)c(C)cc2s1. The van der Waals surface area contributed by atoms with Gasteiger partial charge in [-0.05, 0) is 31.5 Å². The lowest BCUT2D eigenvalue weighted by Crippen LogP contribution is -2.01. The number of fused-ring (bicyclic) bond motifs is 1. The molecule has 16 heavy (non-hydrogen) atoms. The van der Waals surface area contributed by atoms with E-state index < -0.39 is 0 Å². The van der Waals surface area contributed by atoms with Crippen LogP contribution in [-0.2, 0) is 4.74 Å². The molecule has 2 heterocycles. The first kappa shape index (κ1) is 10.9. The van der Waals surface area contributed by atoms with Gasteiger partial charge in [-0.2, -0.15) is 0 Å². The number of aryl methyl sites for hydroxylation is 1. The third-order valence-corrected chi connectivity index (χ3v) is 3.26. The number of nitrogen functional groups attached to an aromatic ring is 1. The molecule has 0 aliphatic carbocycles. The maximum absolute atomic E-state index is 11.5. The van der Waals surface area contributed by atoms with Gasteiger partial charge in [-0.3, -0.25) is 0 Å². The second-order valence-corrected chi connectivity index (χ2v) is 4.49. The summed E-state index contributed by atoms with van der Waals surface area (Å²) < 4.78 is 5.88. The smallest absolute Gasteiger partial charge is 0.348 e. The van der Waals surface area contributed by atoms with Crippen molar-refractivity contribution in [2.45, 2.75) is 13.8 Å². The highest BCUT2D eigenvalue weighted by Gasteiger charge is 2.12. The zero-order valence-electron chi connectivity index (χ0n) is 9.11. The highest BCUT2D eigenvalue weighted by atomic mass is 32.1. The van der Waals surface area contributed by atoms with E-state index in [1.807, 2.05) is 13.0 Å². The van der Waals surface area contributed by atoms with Crippen molar-refractivity contribution in [3.8, 4) is 0 Å². The first-order valence-corrected chi connectivity index (χ1v) is 5.77. The molecule has 0 unspecified atom stereocenters. The standard InChI is InChI=1S/C11H12N2O2S/c1-3-15-11(14)9-5-7-8(16-9)4-6(2)10(12)13-7/h4-5H,3H2,1-2H3,(H2,12,13). The third kappa shape index (κ3) is 1.86. The number of thiophene rings is 1. The molecule has 5 heteroatoms. The van der Waals surface area contributed by atoms with Gasteiger partial charge in [0.15, 0.2) is 0 Å².